The van der Waals surface area contributed by atoms with Gasteiger partial charge in [0.1, 0.15) is 0 Å². The highest BCUT2D eigenvalue weighted by Gasteiger charge is 2.28. The molecule has 3 heteroatoms. The van der Waals surface area contributed by atoms with Gasteiger partial charge in [0.25, 0.3) is 0 Å². The molecule has 0 aliphatic carbocycles. The van der Waals surface area contributed by atoms with Crippen LogP contribution >= 0.6 is 0 Å². The molecule has 3 nitrogen and oxygen atoms in total. The van der Waals surface area contributed by atoms with Crippen molar-refractivity contribution in [2.75, 3.05) is 0 Å². The Morgan fingerprint density at radius 2 is 1.50 bits per heavy atom. The van der Waals surface area contributed by atoms with Crippen LogP contribution in [0.4, 0.5) is 0 Å². The Morgan fingerprint density at radius 3 is 2.00 bits per heavy atom. The quantitative estimate of drug-likeness (QED) is 0.781. The average Bonchev–Trinajstić information content (AvgIpc) is 2.56. The monoisotopic (exact) mass is 296 g/mol. The van der Waals surface area contributed by atoms with Crippen LogP contribution in [0.25, 0.3) is 0 Å². The number of hydrogen-bond donors (Lipinski definition) is 1. The molecule has 0 aromatic heterocycles. The fraction of sp³-hybridized carbons (Fsp3) is 0.263. The lowest BCUT2D eigenvalue weighted by molar-refractivity contribution is -0.142. The highest BCUT2D eigenvalue weighted by Crippen LogP contribution is 2.29. The molecule has 22 heavy (non-hydrogen) atoms. The van der Waals surface area contributed by atoms with Gasteiger partial charge >= 0.3 is 5.97 Å². The first-order valence-electron chi connectivity index (χ1n) is 7.50. The van der Waals surface area contributed by atoms with E-state index in [1.54, 1.807) is 12.1 Å². The Bertz CT molecular complexity index is 620. The Labute approximate surface area is 130 Å². The number of hydrogen-bond acceptors (Lipinski definition) is 2. The van der Waals surface area contributed by atoms with Crippen LogP contribution in [0.15, 0.2) is 60.7 Å². The first-order valence-corrected chi connectivity index (χ1v) is 7.50. The summed E-state index contributed by atoms with van der Waals surface area (Å²) in [5.41, 5.74) is 1.49. The molecule has 2 rings (SSSR count). The maximum Gasteiger partial charge on any atom is 0.306 e. The van der Waals surface area contributed by atoms with Gasteiger partial charge in [-0.15, -0.1) is 0 Å². The molecule has 2 unspecified atom stereocenters. The van der Waals surface area contributed by atoms with Gasteiger partial charge in [-0.3, -0.25) is 9.59 Å². The zero-order chi connectivity index (χ0) is 15.9. The lowest BCUT2D eigenvalue weighted by Crippen LogP contribution is -2.21. The number of carbonyl (C=O) groups excluding carboxylic acids is 1. The summed E-state index contributed by atoms with van der Waals surface area (Å²) in [5, 5.41) is 9.31. The van der Waals surface area contributed by atoms with Gasteiger partial charge in [0, 0.05) is 11.5 Å². The minimum Gasteiger partial charge on any atom is -0.481 e. The smallest absolute Gasteiger partial charge is 0.306 e. The van der Waals surface area contributed by atoms with E-state index >= 15 is 0 Å². The van der Waals surface area contributed by atoms with Crippen LogP contribution in [0.2, 0.25) is 0 Å². The molecule has 114 valence electrons. The SMILES string of the molecule is CCC(CC(C(=O)c1ccccc1)c1ccccc1)C(=O)O. The predicted molar refractivity (Wildman–Crippen MR) is 86.0 cm³/mol. The zero-order valence-electron chi connectivity index (χ0n) is 12.6. The number of ketones is 1. The van der Waals surface area contributed by atoms with Gasteiger partial charge in [-0.05, 0) is 18.4 Å². The first-order chi connectivity index (χ1) is 10.6. The van der Waals surface area contributed by atoms with Crippen molar-refractivity contribution in [1.29, 1.82) is 0 Å². The summed E-state index contributed by atoms with van der Waals surface area (Å²) in [4.78, 5) is 24.2. The van der Waals surface area contributed by atoms with Crippen molar-refractivity contribution < 1.29 is 14.7 Å². The van der Waals surface area contributed by atoms with E-state index in [9.17, 15) is 14.7 Å². The Morgan fingerprint density at radius 1 is 0.955 bits per heavy atom. The maximum absolute atomic E-state index is 12.8. The highest BCUT2D eigenvalue weighted by molar-refractivity contribution is 6.01. The molecule has 0 aliphatic rings. The molecule has 0 saturated heterocycles. The molecule has 2 aromatic rings. The van der Waals surface area contributed by atoms with Crippen molar-refractivity contribution in [2.24, 2.45) is 5.92 Å². The zero-order valence-corrected chi connectivity index (χ0v) is 12.6. The van der Waals surface area contributed by atoms with E-state index in [1.807, 2.05) is 55.5 Å². The topological polar surface area (TPSA) is 54.4 Å². The standard InChI is InChI=1S/C19H20O3/c1-2-14(19(21)22)13-17(15-9-5-3-6-10-15)18(20)16-11-7-4-8-12-16/h3-12,14,17H,2,13H2,1H3,(H,21,22). The summed E-state index contributed by atoms with van der Waals surface area (Å²) < 4.78 is 0. The average molecular weight is 296 g/mol. The fourth-order valence-electron chi connectivity index (χ4n) is 2.61. The number of carbonyl (C=O) groups is 2. The van der Waals surface area contributed by atoms with Crippen LogP contribution < -0.4 is 0 Å². The Kier molecular flexibility index (Phi) is 5.48. The van der Waals surface area contributed by atoms with Gasteiger partial charge in [0.2, 0.25) is 0 Å². The normalized spacial score (nSPS) is 13.3. The van der Waals surface area contributed by atoms with Crippen LogP contribution in [-0.2, 0) is 4.79 Å². The molecular weight excluding hydrogens is 276 g/mol. The summed E-state index contributed by atoms with van der Waals surface area (Å²) in [7, 11) is 0. The summed E-state index contributed by atoms with van der Waals surface area (Å²) in [5.74, 6) is -1.81. The lowest BCUT2D eigenvalue weighted by atomic mass is 9.82. The molecule has 2 aromatic carbocycles. The van der Waals surface area contributed by atoms with Gasteiger partial charge < -0.3 is 5.11 Å². The number of aliphatic carboxylic acids is 1. The van der Waals surface area contributed by atoms with Crippen LogP contribution in [0.1, 0.15) is 41.6 Å². The number of carboxylic acids is 1. The van der Waals surface area contributed by atoms with E-state index in [4.69, 9.17) is 0 Å². The number of Topliss-reactive ketones (excluding diaryl/α,β-unsaturated/α-hetero) is 1. The van der Waals surface area contributed by atoms with E-state index in [0.29, 0.717) is 18.4 Å². The Hall–Kier alpha value is -2.42. The van der Waals surface area contributed by atoms with Gasteiger partial charge in [0.15, 0.2) is 5.78 Å². The molecule has 0 bridgehead atoms. The summed E-state index contributed by atoms with van der Waals surface area (Å²) in [6.45, 7) is 1.84. The number of benzene rings is 2. The molecule has 2 atom stereocenters. The maximum atomic E-state index is 12.8. The van der Waals surface area contributed by atoms with E-state index in [0.717, 1.165) is 5.56 Å². The Balaban J connectivity index is 2.34. The molecule has 0 spiro atoms. The van der Waals surface area contributed by atoms with Gasteiger partial charge in [-0.2, -0.15) is 0 Å². The molecular formula is C19H20O3. The van der Waals surface area contributed by atoms with Crippen molar-refractivity contribution in [3.63, 3.8) is 0 Å². The van der Waals surface area contributed by atoms with Crippen molar-refractivity contribution in [2.45, 2.75) is 25.7 Å². The van der Waals surface area contributed by atoms with Crippen molar-refractivity contribution in [3.05, 3.63) is 71.8 Å². The predicted octanol–water partition coefficient (Wildman–Crippen LogP) is 4.15. The number of rotatable bonds is 7. The van der Waals surface area contributed by atoms with Crippen LogP contribution in [-0.4, -0.2) is 16.9 Å². The first kappa shape index (κ1) is 16.0. The molecule has 0 radical (unpaired) electrons. The minimum absolute atomic E-state index is 0.0218. The molecule has 0 heterocycles. The summed E-state index contributed by atoms with van der Waals surface area (Å²) in [6.07, 6.45) is 0.838. The van der Waals surface area contributed by atoms with E-state index in [1.165, 1.54) is 0 Å². The van der Waals surface area contributed by atoms with E-state index in [2.05, 4.69) is 0 Å². The van der Waals surface area contributed by atoms with E-state index < -0.39 is 17.8 Å². The highest BCUT2D eigenvalue weighted by atomic mass is 16.4. The molecule has 0 aliphatic heterocycles. The second-order valence-electron chi connectivity index (χ2n) is 5.37. The summed E-state index contributed by atoms with van der Waals surface area (Å²) >= 11 is 0. The molecule has 1 N–H and O–H groups in total. The van der Waals surface area contributed by atoms with Crippen molar-refractivity contribution in [3.8, 4) is 0 Å². The number of carboxylic acid groups (broad SMARTS) is 1. The largest absolute Gasteiger partial charge is 0.481 e. The third-order valence-corrected chi connectivity index (χ3v) is 3.94. The van der Waals surface area contributed by atoms with Crippen LogP contribution in [0.3, 0.4) is 0 Å². The van der Waals surface area contributed by atoms with Crippen LogP contribution in [0.5, 0.6) is 0 Å². The van der Waals surface area contributed by atoms with Gasteiger partial charge in [-0.1, -0.05) is 67.6 Å². The van der Waals surface area contributed by atoms with Gasteiger partial charge in [-0.25, -0.2) is 0 Å². The third-order valence-electron chi connectivity index (χ3n) is 3.94. The molecule has 0 saturated carbocycles. The minimum atomic E-state index is -0.843. The van der Waals surface area contributed by atoms with Gasteiger partial charge in [0.05, 0.1) is 5.92 Å². The second-order valence-corrected chi connectivity index (χ2v) is 5.37. The van der Waals surface area contributed by atoms with E-state index in [-0.39, 0.29) is 5.78 Å². The van der Waals surface area contributed by atoms with Crippen molar-refractivity contribution in [1.82, 2.24) is 0 Å². The fourth-order valence-corrected chi connectivity index (χ4v) is 2.61. The molecule has 0 amide bonds. The lowest BCUT2D eigenvalue weighted by Gasteiger charge is -2.20. The molecule has 0 fully saturated rings. The van der Waals surface area contributed by atoms with Crippen molar-refractivity contribution >= 4 is 11.8 Å². The van der Waals surface area contributed by atoms with Crippen LogP contribution in [0, 0.1) is 5.92 Å². The summed E-state index contributed by atoms with van der Waals surface area (Å²) in [6, 6.07) is 18.5. The second kappa shape index (κ2) is 7.55. The third kappa shape index (κ3) is 3.82.